The van der Waals surface area contributed by atoms with Crippen LogP contribution < -0.4 is 0 Å². The highest BCUT2D eigenvalue weighted by Gasteiger charge is 2.18. The molecule has 50 heavy (non-hydrogen) atoms. The van der Waals surface area contributed by atoms with Gasteiger partial charge in [-0.05, 0) is 42.0 Å². The van der Waals surface area contributed by atoms with Crippen molar-refractivity contribution in [3.05, 3.63) is 176 Å². The lowest BCUT2D eigenvalue weighted by Gasteiger charge is -2.13. The lowest BCUT2D eigenvalue weighted by Crippen LogP contribution is -1.96. The SMILES string of the molecule is c1ccc(-c2cc(-c3ccccc3)nc(-c3ccc(-c4cc(-n5c6ccccc6c6ccccc65)cc5c4sc4ccccc45)cc3)n2)cc1. The normalized spacial score (nSPS) is 11.6. The Labute approximate surface area is 293 Å². The summed E-state index contributed by atoms with van der Waals surface area (Å²) in [5, 5.41) is 5.08. The van der Waals surface area contributed by atoms with Gasteiger partial charge in [-0.15, -0.1) is 11.3 Å². The van der Waals surface area contributed by atoms with E-state index < -0.39 is 0 Å². The molecule has 0 atom stereocenters. The molecule has 0 aliphatic heterocycles. The second-order valence-corrected chi connectivity index (χ2v) is 13.7. The van der Waals surface area contributed by atoms with Gasteiger partial charge in [0, 0.05) is 58.9 Å². The molecule has 0 fully saturated rings. The second kappa shape index (κ2) is 11.7. The topological polar surface area (TPSA) is 30.7 Å². The fraction of sp³-hybridized carbons (Fsp3) is 0. The molecule has 0 N–H and O–H groups in total. The number of benzene rings is 7. The van der Waals surface area contributed by atoms with E-state index in [-0.39, 0.29) is 0 Å². The number of fused-ring (bicyclic) bond motifs is 6. The summed E-state index contributed by atoms with van der Waals surface area (Å²) in [6.45, 7) is 0. The minimum atomic E-state index is 0.711. The molecule has 0 saturated heterocycles. The summed E-state index contributed by atoms with van der Waals surface area (Å²) < 4.78 is 5.00. The van der Waals surface area contributed by atoms with Crippen LogP contribution >= 0.6 is 11.3 Å². The number of hydrogen-bond donors (Lipinski definition) is 0. The largest absolute Gasteiger partial charge is 0.309 e. The minimum absolute atomic E-state index is 0.711. The van der Waals surface area contributed by atoms with Gasteiger partial charge in [0.05, 0.1) is 22.4 Å². The second-order valence-electron chi connectivity index (χ2n) is 12.6. The summed E-state index contributed by atoms with van der Waals surface area (Å²) in [5.74, 6) is 0.711. The Morgan fingerprint density at radius 1 is 0.400 bits per heavy atom. The van der Waals surface area contributed by atoms with E-state index in [4.69, 9.17) is 9.97 Å². The summed E-state index contributed by atoms with van der Waals surface area (Å²) in [6, 6.07) is 62.5. The van der Waals surface area contributed by atoms with Gasteiger partial charge >= 0.3 is 0 Å². The molecular formula is C46H29N3S. The van der Waals surface area contributed by atoms with Gasteiger partial charge in [0.2, 0.25) is 0 Å². The molecule has 7 aromatic carbocycles. The number of rotatable bonds is 5. The van der Waals surface area contributed by atoms with E-state index in [1.165, 1.54) is 47.5 Å². The van der Waals surface area contributed by atoms with Gasteiger partial charge < -0.3 is 4.57 Å². The Morgan fingerprint density at radius 3 is 1.54 bits per heavy atom. The molecule has 3 aromatic heterocycles. The van der Waals surface area contributed by atoms with Crippen LogP contribution in [0.4, 0.5) is 0 Å². The third-order valence-electron chi connectivity index (χ3n) is 9.62. The third-order valence-corrected chi connectivity index (χ3v) is 10.8. The zero-order valence-corrected chi connectivity index (χ0v) is 27.8. The van der Waals surface area contributed by atoms with Crippen LogP contribution in [-0.4, -0.2) is 14.5 Å². The molecule has 234 valence electrons. The first-order chi connectivity index (χ1) is 24.8. The summed E-state index contributed by atoms with van der Waals surface area (Å²) in [7, 11) is 0. The van der Waals surface area contributed by atoms with Crippen molar-refractivity contribution in [2.45, 2.75) is 0 Å². The van der Waals surface area contributed by atoms with E-state index in [2.05, 4.69) is 168 Å². The molecule has 10 aromatic rings. The Kier molecular flexibility index (Phi) is 6.68. The minimum Gasteiger partial charge on any atom is -0.309 e. The lowest BCUT2D eigenvalue weighted by molar-refractivity contribution is 1.18. The van der Waals surface area contributed by atoms with Crippen molar-refractivity contribution >= 4 is 53.3 Å². The van der Waals surface area contributed by atoms with Crippen molar-refractivity contribution in [1.29, 1.82) is 0 Å². The number of aromatic nitrogens is 3. The predicted octanol–water partition coefficient (Wildman–Crippen LogP) is 12.6. The maximum absolute atomic E-state index is 5.07. The molecular weight excluding hydrogens is 627 g/mol. The highest BCUT2D eigenvalue weighted by atomic mass is 32.1. The first kappa shape index (κ1) is 28.6. The average molecular weight is 656 g/mol. The van der Waals surface area contributed by atoms with Gasteiger partial charge in [-0.3, -0.25) is 0 Å². The van der Waals surface area contributed by atoms with Gasteiger partial charge in [0.25, 0.3) is 0 Å². The van der Waals surface area contributed by atoms with E-state index >= 15 is 0 Å². The summed E-state index contributed by atoms with van der Waals surface area (Å²) in [6.07, 6.45) is 0. The van der Waals surface area contributed by atoms with E-state index in [0.29, 0.717) is 5.82 Å². The average Bonchev–Trinajstić information content (AvgIpc) is 3.74. The maximum Gasteiger partial charge on any atom is 0.160 e. The molecule has 0 saturated carbocycles. The van der Waals surface area contributed by atoms with Crippen LogP contribution in [0.3, 0.4) is 0 Å². The molecule has 0 spiro atoms. The number of thiophene rings is 1. The van der Waals surface area contributed by atoms with Gasteiger partial charge in [0.15, 0.2) is 5.82 Å². The van der Waals surface area contributed by atoms with Crippen molar-refractivity contribution in [2.75, 3.05) is 0 Å². The number of nitrogens with zero attached hydrogens (tertiary/aromatic N) is 3. The Balaban J connectivity index is 1.16. The van der Waals surface area contributed by atoms with Crippen LogP contribution in [0.1, 0.15) is 0 Å². The van der Waals surface area contributed by atoms with Gasteiger partial charge in [-0.2, -0.15) is 0 Å². The van der Waals surface area contributed by atoms with E-state index in [0.717, 1.165) is 39.3 Å². The molecule has 3 heterocycles. The molecule has 0 bridgehead atoms. The molecule has 0 aliphatic rings. The van der Waals surface area contributed by atoms with Gasteiger partial charge in [-0.25, -0.2) is 9.97 Å². The first-order valence-electron chi connectivity index (χ1n) is 16.8. The third kappa shape index (κ3) is 4.73. The van der Waals surface area contributed by atoms with Crippen LogP contribution in [-0.2, 0) is 0 Å². The number of hydrogen-bond acceptors (Lipinski definition) is 3. The molecule has 0 radical (unpaired) electrons. The maximum atomic E-state index is 5.07. The molecule has 0 unspecified atom stereocenters. The zero-order chi connectivity index (χ0) is 33.0. The summed E-state index contributed by atoms with van der Waals surface area (Å²) in [5.41, 5.74) is 10.9. The Bertz CT molecular complexity index is 2740. The monoisotopic (exact) mass is 655 g/mol. The standard InChI is InChI=1S/C46H29N3S/c1-3-13-31(14-4-1)40-29-41(32-15-5-2-6-16-32)48-46(47-40)33-25-23-30(24-26-33)38-27-34(28-39-37-19-9-12-22-44(37)50-45(38)39)49-42-20-10-7-17-35(42)36-18-8-11-21-43(36)49/h1-29H. The smallest absolute Gasteiger partial charge is 0.160 e. The van der Waals surface area contributed by atoms with E-state index in [9.17, 15) is 0 Å². The van der Waals surface area contributed by atoms with Crippen molar-refractivity contribution < 1.29 is 0 Å². The molecule has 3 nitrogen and oxygen atoms in total. The van der Waals surface area contributed by atoms with E-state index in [1.54, 1.807) is 0 Å². The Morgan fingerprint density at radius 2 is 0.920 bits per heavy atom. The lowest BCUT2D eigenvalue weighted by atomic mass is 10.00. The summed E-state index contributed by atoms with van der Waals surface area (Å²) in [4.78, 5) is 10.1. The van der Waals surface area contributed by atoms with Crippen LogP contribution in [0.15, 0.2) is 176 Å². The van der Waals surface area contributed by atoms with Crippen LogP contribution in [0, 0.1) is 0 Å². The molecule has 10 rings (SSSR count). The van der Waals surface area contributed by atoms with Crippen LogP contribution in [0.25, 0.3) is 92.7 Å². The van der Waals surface area contributed by atoms with E-state index in [1.807, 2.05) is 23.5 Å². The highest BCUT2D eigenvalue weighted by molar-refractivity contribution is 7.26. The van der Waals surface area contributed by atoms with Crippen LogP contribution in [0.5, 0.6) is 0 Å². The van der Waals surface area contributed by atoms with Gasteiger partial charge in [-0.1, -0.05) is 140 Å². The zero-order valence-electron chi connectivity index (χ0n) is 27.0. The molecule has 4 heteroatoms. The molecule has 0 aliphatic carbocycles. The predicted molar refractivity (Wildman–Crippen MR) is 211 cm³/mol. The first-order valence-corrected chi connectivity index (χ1v) is 17.6. The Hall–Kier alpha value is -6.36. The quantitative estimate of drug-likeness (QED) is 0.185. The fourth-order valence-electron chi connectivity index (χ4n) is 7.24. The van der Waals surface area contributed by atoms with Crippen molar-refractivity contribution in [1.82, 2.24) is 14.5 Å². The van der Waals surface area contributed by atoms with Gasteiger partial charge in [0.1, 0.15) is 0 Å². The van der Waals surface area contributed by atoms with Crippen LogP contribution in [0.2, 0.25) is 0 Å². The highest BCUT2D eigenvalue weighted by Crippen LogP contribution is 2.43. The number of para-hydroxylation sites is 2. The van der Waals surface area contributed by atoms with Crippen molar-refractivity contribution in [3.63, 3.8) is 0 Å². The van der Waals surface area contributed by atoms with Crippen molar-refractivity contribution in [2.24, 2.45) is 0 Å². The summed E-state index contributed by atoms with van der Waals surface area (Å²) >= 11 is 1.86. The fourth-order valence-corrected chi connectivity index (χ4v) is 8.46. The van der Waals surface area contributed by atoms with Crippen molar-refractivity contribution in [3.8, 4) is 50.7 Å². The molecule has 0 amide bonds.